The quantitative estimate of drug-likeness (QED) is 0.610. The summed E-state index contributed by atoms with van der Waals surface area (Å²) in [6.07, 6.45) is 3.00. The first-order chi connectivity index (χ1) is 8.64. The fourth-order valence-electron chi connectivity index (χ4n) is 2.28. The molecule has 0 bridgehead atoms. The lowest BCUT2D eigenvalue weighted by Crippen LogP contribution is -2.49. The van der Waals surface area contributed by atoms with E-state index in [1.807, 2.05) is 6.92 Å². The molecule has 0 aromatic carbocycles. The number of carbonyl (C=O) groups is 1. The van der Waals surface area contributed by atoms with Crippen LogP contribution in [0, 0.1) is 5.92 Å². The van der Waals surface area contributed by atoms with E-state index in [1.54, 1.807) is 7.05 Å². The van der Waals surface area contributed by atoms with Gasteiger partial charge in [-0.3, -0.25) is 4.79 Å². The van der Waals surface area contributed by atoms with Crippen molar-refractivity contribution >= 4 is 5.97 Å². The van der Waals surface area contributed by atoms with Crippen molar-refractivity contribution in [2.24, 2.45) is 5.92 Å². The van der Waals surface area contributed by atoms with Gasteiger partial charge in [-0.05, 0) is 32.7 Å². The van der Waals surface area contributed by atoms with Gasteiger partial charge in [0.25, 0.3) is 0 Å². The zero-order valence-corrected chi connectivity index (χ0v) is 11.4. The van der Waals surface area contributed by atoms with E-state index in [-0.39, 0.29) is 0 Å². The van der Waals surface area contributed by atoms with Gasteiger partial charge in [0.05, 0.1) is 13.2 Å². The molecule has 0 saturated carbocycles. The lowest BCUT2D eigenvalue weighted by Gasteiger charge is -2.27. The Morgan fingerprint density at radius 1 is 1.61 bits per heavy atom. The first kappa shape index (κ1) is 15.4. The third-order valence-electron chi connectivity index (χ3n) is 3.76. The van der Waals surface area contributed by atoms with E-state index in [2.05, 4.69) is 5.32 Å². The third kappa shape index (κ3) is 4.23. The highest BCUT2D eigenvalue weighted by atomic mass is 16.5. The third-order valence-corrected chi connectivity index (χ3v) is 3.76. The summed E-state index contributed by atoms with van der Waals surface area (Å²) in [7, 11) is 1.70. The summed E-state index contributed by atoms with van der Waals surface area (Å²) < 4.78 is 10.8. The normalized spacial score (nSPS) is 22.9. The van der Waals surface area contributed by atoms with Crippen LogP contribution in [-0.4, -0.2) is 50.1 Å². The van der Waals surface area contributed by atoms with Gasteiger partial charge in [0, 0.05) is 19.1 Å². The molecule has 0 radical (unpaired) electrons. The van der Waals surface area contributed by atoms with Crippen molar-refractivity contribution in [3.8, 4) is 0 Å². The summed E-state index contributed by atoms with van der Waals surface area (Å²) in [4.78, 5) is 11.2. The fraction of sp³-hybridized carbons (Fsp3) is 0.923. The van der Waals surface area contributed by atoms with E-state index in [4.69, 9.17) is 9.47 Å². The lowest BCUT2D eigenvalue weighted by molar-refractivity contribution is -0.145. The van der Waals surface area contributed by atoms with Gasteiger partial charge in [0.1, 0.15) is 5.54 Å². The van der Waals surface area contributed by atoms with E-state index in [0.29, 0.717) is 25.4 Å². The molecule has 0 spiro atoms. The Labute approximate surface area is 109 Å². The number of aliphatic carboxylic acids is 1. The van der Waals surface area contributed by atoms with Crippen LogP contribution in [0.1, 0.15) is 32.6 Å². The van der Waals surface area contributed by atoms with E-state index in [9.17, 15) is 9.90 Å². The van der Waals surface area contributed by atoms with E-state index >= 15 is 0 Å². The zero-order chi connectivity index (χ0) is 13.4. The van der Waals surface area contributed by atoms with E-state index < -0.39 is 11.5 Å². The fourth-order valence-corrected chi connectivity index (χ4v) is 2.28. The number of hydrogen-bond acceptors (Lipinski definition) is 4. The summed E-state index contributed by atoms with van der Waals surface area (Å²) in [6, 6.07) is 0. The van der Waals surface area contributed by atoms with Crippen molar-refractivity contribution < 1.29 is 19.4 Å². The maximum absolute atomic E-state index is 11.2. The molecule has 0 aromatic rings. The van der Waals surface area contributed by atoms with Crippen LogP contribution in [0.5, 0.6) is 0 Å². The number of nitrogens with one attached hydrogen (secondary N) is 1. The molecule has 0 aromatic heterocycles. The molecule has 2 N–H and O–H groups in total. The van der Waals surface area contributed by atoms with Gasteiger partial charge in [-0.1, -0.05) is 6.92 Å². The second-order valence-electron chi connectivity index (χ2n) is 4.90. The monoisotopic (exact) mass is 259 g/mol. The molecule has 2 unspecified atom stereocenters. The van der Waals surface area contributed by atoms with Crippen molar-refractivity contribution in [1.82, 2.24) is 5.32 Å². The van der Waals surface area contributed by atoms with Crippen LogP contribution >= 0.6 is 0 Å². The van der Waals surface area contributed by atoms with Crippen molar-refractivity contribution in [3.05, 3.63) is 0 Å². The van der Waals surface area contributed by atoms with Crippen LogP contribution in [0.2, 0.25) is 0 Å². The average molecular weight is 259 g/mol. The van der Waals surface area contributed by atoms with Crippen LogP contribution < -0.4 is 5.32 Å². The minimum atomic E-state index is -0.806. The smallest absolute Gasteiger partial charge is 0.323 e. The van der Waals surface area contributed by atoms with Gasteiger partial charge in [-0.2, -0.15) is 0 Å². The number of rotatable bonds is 9. The Balaban J connectivity index is 2.16. The van der Waals surface area contributed by atoms with Crippen molar-refractivity contribution in [2.75, 3.05) is 33.5 Å². The highest BCUT2D eigenvalue weighted by Gasteiger charge is 2.34. The second kappa shape index (κ2) is 7.71. The highest BCUT2D eigenvalue weighted by Crippen LogP contribution is 2.18. The summed E-state index contributed by atoms with van der Waals surface area (Å²) in [5, 5.41) is 12.2. The maximum Gasteiger partial charge on any atom is 0.323 e. The van der Waals surface area contributed by atoms with E-state index in [1.165, 1.54) is 0 Å². The van der Waals surface area contributed by atoms with Gasteiger partial charge >= 0.3 is 5.97 Å². The first-order valence-corrected chi connectivity index (χ1v) is 6.72. The predicted molar refractivity (Wildman–Crippen MR) is 68.7 cm³/mol. The number of hydrogen-bond donors (Lipinski definition) is 2. The number of carboxylic acid groups (broad SMARTS) is 1. The molecule has 106 valence electrons. The van der Waals surface area contributed by atoms with Crippen molar-refractivity contribution in [3.63, 3.8) is 0 Å². The summed E-state index contributed by atoms with van der Waals surface area (Å²) in [5.74, 6) is -0.263. The van der Waals surface area contributed by atoms with Crippen LogP contribution in [0.4, 0.5) is 0 Å². The SMILES string of the molecule is CCC(CCCOCC1CCOC1)(NC)C(=O)O. The molecule has 5 heteroatoms. The molecule has 5 nitrogen and oxygen atoms in total. The van der Waals surface area contributed by atoms with Crippen LogP contribution in [0.15, 0.2) is 0 Å². The van der Waals surface area contributed by atoms with Gasteiger partial charge in [-0.25, -0.2) is 0 Å². The Kier molecular flexibility index (Phi) is 6.60. The van der Waals surface area contributed by atoms with Crippen LogP contribution in [0.3, 0.4) is 0 Å². The molecular formula is C13H25NO4. The molecule has 1 rings (SSSR count). The maximum atomic E-state index is 11.2. The van der Waals surface area contributed by atoms with Gasteiger partial charge in [0.15, 0.2) is 0 Å². The summed E-state index contributed by atoms with van der Waals surface area (Å²) in [5.41, 5.74) is -0.806. The van der Waals surface area contributed by atoms with Crippen LogP contribution in [0.25, 0.3) is 0 Å². The predicted octanol–water partition coefficient (Wildman–Crippen LogP) is 1.27. The number of ether oxygens (including phenoxy) is 2. The topological polar surface area (TPSA) is 67.8 Å². The van der Waals surface area contributed by atoms with Gasteiger partial charge < -0.3 is 19.9 Å². The summed E-state index contributed by atoms with van der Waals surface area (Å²) in [6.45, 7) is 4.87. The van der Waals surface area contributed by atoms with Gasteiger partial charge in [-0.15, -0.1) is 0 Å². The van der Waals surface area contributed by atoms with Crippen molar-refractivity contribution in [1.29, 1.82) is 0 Å². The minimum absolute atomic E-state index is 0.518. The van der Waals surface area contributed by atoms with Crippen molar-refractivity contribution in [2.45, 2.75) is 38.1 Å². The second-order valence-corrected chi connectivity index (χ2v) is 4.90. The Morgan fingerprint density at radius 3 is 2.89 bits per heavy atom. The molecule has 1 heterocycles. The molecular weight excluding hydrogens is 234 g/mol. The molecule has 1 saturated heterocycles. The molecule has 0 amide bonds. The molecule has 2 atom stereocenters. The average Bonchev–Trinajstić information content (AvgIpc) is 2.87. The van der Waals surface area contributed by atoms with E-state index in [0.717, 1.165) is 32.7 Å². The molecule has 0 aliphatic carbocycles. The highest BCUT2D eigenvalue weighted by molar-refractivity contribution is 5.78. The minimum Gasteiger partial charge on any atom is -0.480 e. The molecule has 18 heavy (non-hydrogen) atoms. The lowest BCUT2D eigenvalue weighted by atomic mass is 9.91. The van der Waals surface area contributed by atoms with Gasteiger partial charge in [0.2, 0.25) is 0 Å². The Morgan fingerprint density at radius 2 is 2.39 bits per heavy atom. The summed E-state index contributed by atoms with van der Waals surface area (Å²) >= 11 is 0. The number of carboxylic acids is 1. The molecule has 1 fully saturated rings. The first-order valence-electron chi connectivity index (χ1n) is 6.72. The molecule has 1 aliphatic rings. The standard InChI is InChI=1S/C13H25NO4/c1-3-13(14-2,12(15)16)6-4-7-17-9-11-5-8-18-10-11/h11,14H,3-10H2,1-2H3,(H,15,16). The molecule has 1 aliphatic heterocycles. The zero-order valence-electron chi connectivity index (χ0n) is 11.4. The largest absolute Gasteiger partial charge is 0.480 e. The number of likely N-dealkylation sites (N-methyl/N-ethyl adjacent to an activating group) is 1. The van der Waals surface area contributed by atoms with Crippen LogP contribution in [-0.2, 0) is 14.3 Å². The Bertz CT molecular complexity index is 247. The Hall–Kier alpha value is -0.650.